The van der Waals surface area contributed by atoms with Crippen molar-refractivity contribution in [3.05, 3.63) is 52.8 Å². The fraction of sp³-hybridized carbons (Fsp3) is 0.519. The highest BCUT2D eigenvalue weighted by Gasteiger charge is 2.33. The minimum atomic E-state index is -0.0203. The average molecular weight is 491 g/mol. The van der Waals surface area contributed by atoms with Gasteiger partial charge >= 0.3 is 0 Å². The van der Waals surface area contributed by atoms with Crippen molar-refractivity contribution in [2.24, 2.45) is 0 Å². The van der Waals surface area contributed by atoms with Gasteiger partial charge in [-0.15, -0.1) is 0 Å². The number of carbonyl (C=O) groups is 1. The van der Waals surface area contributed by atoms with E-state index >= 15 is 0 Å². The standard InChI is InChI=1S/C27H34N6OS/c1-19-9-10-23(33-14-7-15-35-33)21(16-19)27(34)31-13-4-3-8-24(31)22-17-25-28-26(30-11-5-6-12-30)20(2)18-32(25)29-22/h9-10,16-18,24H,3-8,11-15H2,1-2H3. The van der Waals surface area contributed by atoms with E-state index in [1.807, 2.05) is 16.5 Å². The number of aryl methyl sites for hydroxylation is 2. The van der Waals surface area contributed by atoms with Gasteiger partial charge in [0.2, 0.25) is 0 Å². The fourth-order valence-electron chi connectivity index (χ4n) is 5.74. The maximum atomic E-state index is 14.0. The van der Waals surface area contributed by atoms with Crippen LogP contribution >= 0.6 is 11.9 Å². The molecule has 0 radical (unpaired) electrons. The molecule has 5 heterocycles. The van der Waals surface area contributed by atoms with E-state index in [4.69, 9.17) is 10.1 Å². The number of piperidine rings is 1. The number of hydrogen-bond donors (Lipinski definition) is 0. The molecule has 0 N–H and O–H groups in total. The van der Waals surface area contributed by atoms with Crippen molar-refractivity contribution in [1.82, 2.24) is 19.5 Å². The molecule has 3 saturated heterocycles. The molecule has 0 spiro atoms. The summed E-state index contributed by atoms with van der Waals surface area (Å²) in [5, 5.41) is 4.94. The molecule has 1 aromatic carbocycles. The molecule has 0 bridgehead atoms. The summed E-state index contributed by atoms with van der Waals surface area (Å²) in [6.45, 7) is 8.10. The zero-order valence-electron chi connectivity index (χ0n) is 20.7. The van der Waals surface area contributed by atoms with E-state index in [-0.39, 0.29) is 11.9 Å². The summed E-state index contributed by atoms with van der Waals surface area (Å²) in [7, 11) is 0. The molecule has 7 nitrogen and oxygen atoms in total. The van der Waals surface area contributed by atoms with E-state index in [1.54, 1.807) is 0 Å². The van der Waals surface area contributed by atoms with E-state index in [9.17, 15) is 4.79 Å². The van der Waals surface area contributed by atoms with Gasteiger partial charge in [-0.1, -0.05) is 11.6 Å². The van der Waals surface area contributed by atoms with Gasteiger partial charge in [-0.05, 0) is 76.5 Å². The van der Waals surface area contributed by atoms with Crippen LogP contribution in [0.2, 0.25) is 0 Å². The summed E-state index contributed by atoms with van der Waals surface area (Å²) < 4.78 is 4.20. The van der Waals surface area contributed by atoms with Gasteiger partial charge in [0.25, 0.3) is 5.91 Å². The topological polar surface area (TPSA) is 57.0 Å². The Morgan fingerprint density at radius 1 is 1.00 bits per heavy atom. The Morgan fingerprint density at radius 2 is 1.83 bits per heavy atom. The lowest BCUT2D eigenvalue weighted by molar-refractivity contribution is 0.0606. The average Bonchev–Trinajstić information content (AvgIpc) is 3.65. The van der Waals surface area contributed by atoms with Crippen molar-refractivity contribution in [3.8, 4) is 0 Å². The first-order valence-electron chi connectivity index (χ1n) is 13.0. The van der Waals surface area contributed by atoms with Gasteiger partial charge in [0.05, 0.1) is 23.0 Å². The summed E-state index contributed by atoms with van der Waals surface area (Å²) in [5.74, 6) is 2.31. The van der Waals surface area contributed by atoms with Crippen molar-refractivity contribution in [3.63, 3.8) is 0 Å². The van der Waals surface area contributed by atoms with E-state index < -0.39 is 0 Å². The van der Waals surface area contributed by atoms with Crippen LogP contribution < -0.4 is 9.21 Å². The van der Waals surface area contributed by atoms with Crippen LogP contribution in [-0.2, 0) is 0 Å². The number of hydrogen-bond acceptors (Lipinski definition) is 6. The number of aromatic nitrogens is 3. The quantitative estimate of drug-likeness (QED) is 0.470. The fourth-order valence-corrected chi connectivity index (χ4v) is 6.78. The molecule has 0 saturated carbocycles. The second-order valence-electron chi connectivity index (χ2n) is 10.1. The molecule has 1 atom stereocenters. The molecule has 1 unspecified atom stereocenters. The maximum Gasteiger partial charge on any atom is 0.256 e. The van der Waals surface area contributed by atoms with Crippen molar-refractivity contribution in [2.45, 2.75) is 58.4 Å². The van der Waals surface area contributed by atoms with Gasteiger partial charge < -0.3 is 14.1 Å². The molecule has 2 aromatic heterocycles. The van der Waals surface area contributed by atoms with Crippen LogP contribution in [0.4, 0.5) is 11.5 Å². The number of carbonyl (C=O) groups excluding carboxylic acids is 1. The highest BCUT2D eigenvalue weighted by atomic mass is 32.2. The van der Waals surface area contributed by atoms with E-state index in [2.05, 4.69) is 58.4 Å². The SMILES string of the molecule is Cc1ccc(N2CCCS2)c(C(=O)N2CCCCC2c2cc3nc(N4CCCC4)c(C)cn3n2)c1. The van der Waals surface area contributed by atoms with Crippen LogP contribution in [0.1, 0.15) is 71.7 Å². The molecule has 184 valence electrons. The van der Waals surface area contributed by atoms with Gasteiger partial charge in [-0.25, -0.2) is 9.50 Å². The minimum Gasteiger partial charge on any atom is -0.356 e. The molecule has 6 rings (SSSR count). The van der Waals surface area contributed by atoms with Gasteiger partial charge in [0.15, 0.2) is 5.65 Å². The van der Waals surface area contributed by atoms with Crippen molar-refractivity contribution in [2.75, 3.05) is 41.1 Å². The van der Waals surface area contributed by atoms with Crippen molar-refractivity contribution < 1.29 is 4.79 Å². The minimum absolute atomic E-state index is 0.0203. The highest BCUT2D eigenvalue weighted by molar-refractivity contribution is 8.00. The molecule has 35 heavy (non-hydrogen) atoms. The number of anilines is 2. The smallest absolute Gasteiger partial charge is 0.256 e. The number of rotatable bonds is 4. The molecule has 8 heteroatoms. The number of amides is 1. The lowest BCUT2D eigenvalue weighted by atomic mass is 9.97. The highest BCUT2D eigenvalue weighted by Crippen LogP contribution is 2.37. The summed E-state index contributed by atoms with van der Waals surface area (Å²) >= 11 is 1.83. The van der Waals surface area contributed by atoms with Gasteiger partial charge in [-0.2, -0.15) is 5.10 Å². The van der Waals surface area contributed by atoms with Crippen LogP contribution in [0, 0.1) is 13.8 Å². The molecular formula is C27H34N6OS. The first kappa shape index (κ1) is 22.7. The first-order chi connectivity index (χ1) is 17.1. The molecule has 0 aliphatic carbocycles. The number of fused-ring (bicyclic) bond motifs is 1. The molecule has 1 amide bonds. The van der Waals surface area contributed by atoms with Gasteiger partial charge in [-0.3, -0.25) is 4.79 Å². The van der Waals surface area contributed by atoms with E-state index in [0.717, 1.165) is 97.2 Å². The Morgan fingerprint density at radius 3 is 2.63 bits per heavy atom. The predicted molar refractivity (Wildman–Crippen MR) is 142 cm³/mol. The zero-order valence-corrected chi connectivity index (χ0v) is 21.6. The summed E-state index contributed by atoms with van der Waals surface area (Å²) in [4.78, 5) is 23.5. The zero-order chi connectivity index (χ0) is 23.9. The molecule has 3 aromatic rings. The molecule has 3 aliphatic rings. The second-order valence-corrected chi connectivity index (χ2v) is 11.2. The number of likely N-dealkylation sites (tertiary alicyclic amines) is 1. The molecule has 3 fully saturated rings. The van der Waals surface area contributed by atoms with Crippen LogP contribution in [0.5, 0.6) is 0 Å². The predicted octanol–water partition coefficient (Wildman–Crippen LogP) is 5.17. The van der Waals surface area contributed by atoms with Gasteiger partial charge in [0.1, 0.15) is 5.82 Å². The maximum absolute atomic E-state index is 14.0. The normalized spacial score (nSPS) is 20.9. The Balaban J connectivity index is 1.34. The second kappa shape index (κ2) is 9.37. The van der Waals surface area contributed by atoms with Crippen molar-refractivity contribution >= 4 is 35.0 Å². The van der Waals surface area contributed by atoms with Crippen molar-refractivity contribution in [1.29, 1.82) is 0 Å². The third-order valence-corrected chi connectivity index (χ3v) is 8.70. The molecular weight excluding hydrogens is 456 g/mol. The Bertz CT molecular complexity index is 1240. The summed E-state index contributed by atoms with van der Waals surface area (Å²) in [6.07, 6.45) is 8.79. The Kier molecular flexibility index (Phi) is 6.08. The van der Waals surface area contributed by atoms with Crippen LogP contribution in [0.15, 0.2) is 30.5 Å². The molecule has 3 aliphatic heterocycles. The first-order valence-corrected chi connectivity index (χ1v) is 14.0. The third-order valence-electron chi connectivity index (χ3n) is 7.54. The number of nitrogens with zero attached hydrogens (tertiary/aromatic N) is 6. The number of benzene rings is 1. The lowest BCUT2D eigenvalue weighted by Gasteiger charge is -2.35. The summed E-state index contributed by atoms with van der Waals surface area (Å²) in [5.41, 5.74) is 5.97. The third kappa shape index (κ3) is 4.26. The monoisotopic (exact) mass is 490 g/mol. The lowest BCUT2D eigenvalue weighted by Crippen LogP contribution is -2.39. The van der Waals surface area contributed by atoms with Gasteiger partial charge in [0, 0.05) is 49.8 Å². The Hall–Kier alpha value is -2.74. The Labute approximate surface area is 211 Å². The largest absolute Gasteiger partial charge is 0.356 e. The van der Waals surface area contributed by atoms with Crippen LogP contribution in [-0.4, -0.2) is 57.3 Å². The van der Waals surface area contributed by atoms with Crippen LogP contribution in [0.25, 0.3) is 5.65 Å². The van der Waals surface area contributed by atoms with Crippen LogP contribution in [0.3, 0.4) is 0 Å². The van der Waals surface area contributed by atoms with E-state index in [0.29, 0.717) is 0 Å². The summed E-state index contributed by atoms with van der Waals surface area (Å²) in [6, 6.07) is 8.39. The van der Waals surface area contributed by atoms with E-state index in [1.165, 1.54) is 12.8 Å².